The first kappa shape index (κ1) is 22.5. The summed E-state index contributed by atoms with van der Waals surface area (Å²) in [5.74, 6) is 0. The first-order valence-corrected chi connectivity index (χ1v) is 4.64. The fourth-order valence-corrected chi connectivity index (χ4v) is 0. The zero-order chi connectivity index (χ0) is 10.1. The topological polar surface area (TPSA) is 112 Å². The van der Waals surface area contributed by atoms with E-state index in [9.17, 15) is 0 Å². The van der Waals surface area contributed by atoms with Crippen LogP contribution in [0.15, 0.2) is 0 Å². The van der Waals surface area contributed by atoms with Crippen LogP contribution < -0.4 is 0 Å². The minimum atomic E-state index is 0.500. The van der Waals surface area contributed by atoms with E-state index in [4.69, 9.17) is 29.7 Å². The maximum absolute atomic E-state index is 8.24. The van der Waals surface area contributed by atoms with Crippen LogP contribution in [0.5, 0.6) is 0 Å². The zero-order valence-corrected chi connectivity index (χ0v) is 8.42. The summed E-state index contributed by atoms with van der Waals surface area (Å²) >= 11 is 1.55. The molecule has 0 aliphatic carbocycles. The van der Waals surface area contributed by atoms with Gasteiger partial charge in [-0.25, -0.2) is 0 Å². The van der Waals surface area contributed by atoms with E-state index in [1.807, 2.05) is 0 Å². The number of hydrogen-bond acceptors (Lipinski definition) is 3. The average Bonchev–Trinajstić information content (AvgIpc) is 1.96. The predicted octanol–water partition coefficient (Wildman–Crippen LogP) is -0.962. The van der Waals surface area contributed by atoms with E-state index in [2.05, 4.69) is 4.94 Å². The Hall–Kier alpha value is -0.791. The quantitative estimate of drug-likeness (QED) is 0.385. The van der Waals surface area contributed by atoms with Crippen molar-refractivity contribution in [3.8, 4) is 0 Å². The van der Waals surface area contributed by atoms with E-state index < -0.39 is 0 Å². The normalized spacial score (nSPS) is 3.91. The Morgan fingerprint density at radius 1 is 0.818 bits per heavy atom. The van der Waals surface area contributed by atoms with Gasteiger partial charge in [0.25, 0.3) is 0 Å². The summed E-state index contributed by atoms with van der Waals surface area (Å²) in [4.78, 5) is 26.8. The SMILES string of the molecule is O=[C-]O.O=[C-]O.O=[C-]O.[CH3][Sn+3]. The first-order chi connectivity index (χ1) is 5.24. The van der Waals surface area contributed by atoms with Gasteiger partial charge in [-0.3, -0.25) is 0 Å². The minimum absolute atomic E-state index is 0.500. The second-order valence-corrected chi connectivity index (χ2v) is 0.274. The van der Waals surface area contributed by atoms with E-state index in [0.717, 1.165) is 0 Å². The van der Waals surface area contributed by atoms with Gasteiger partial charge in [0, 0.05) is 0 Å². The Balaban J connectivity index is -0.0000000301. The molecule has 0 fully saturated rings. The summed E-state index contributed by atoms with van der Waals surface area (Å²) in [6.07, 6.45) is 0. The Bertz CT molecular complexity index is 51.3. The third kappa shape index (κ3) is 764. The summed E-state index contributed by atoms with van der Waals surface area (Å²) in [7, 11) is 0. The van der Waals surface area contributed by atoms with Crippen LogP contribution in [0.2, 0.25) is 4.94 Å². The first-order valence-electron chi connectivity index (χ1n) is 1.78. The van der Waals surface area contributed by atoms with Crippen LogP contribution in [0, 0.1) is 0 Å². The number of aliphatic hydroxyl groups excluding tert-OH is 3. The molecule has 0 aromatic carbocycles. The number of rotatable bonds is 0. The van der Waals surface area contributed by atoms with Crippen molar-refractivity contribution < 1.29 is 29.7 Å². The van der Waals surface area contributed by atoms with Gasteiger partial charge in [0.2, 0.25) is 0 Å². The Morgan fingerprint density at radius 2 is 0.818 bits per heavy atom. The van der Waals surface area contributed by atoms with Gasteiger partial charge in [0.05, 0.1) is 0 Å². The monoisotopic (exact) mass is 270 g/mol. The molecular weight excluding hydrogens is 263 g/mol. The molecule has 0 rings (SSSR count). The van der Waals surface area contributed by atoms with Crippen molar-refractivity contribution >= 4 is 41.9 Å². The molecule has 0 aromatic heterocycles. The van der Waals surface area contributed by atoms with E-state index >= 15 is 0 Å². The molecule has 0 aliphatic heterocycles. The van der Waals surface area contributed by atoms with E-state index in [-0.39, 0.29) is 0 Å². The molecule has 0 bridgehead atoms. The van der Waals surface area contributed by atoms with Crippen molar-refractivity contribution in [3.63, 3.8) is 0 Å². The molecule has 0 atom stereocenters. The summed E-state index contributed by atoms with van der Waals surface area (Å²) in [6, 6.07) is 0. The predicted molar refractivity (Wildman–Crippen MR) is 36.6 cm³/mol. The van der Waals surface area contributed by atoms with Crippen LogP contribution in [0.3, 0.4) is 0 Å². The molecule has 6 nitrogen and oxygen atoms in total. The van der Waals surface area contributed by atoms with Crippen LogP contribution in [-0.4, -0.2) is 57.3 Å². The van der Waals surface area contributed by atoms with Gasteiger partial charge in [-0.05, 0) is 0 Å². The fourth-order valence-electron chi connectivity index (χ4n) is 0. The second kappa shape index (κ2) is 127. The molecule has 7 heteroatoms. The molecule has 0 radical (unpaired) electrons. The number of hydrogen-bond donors (Lipinski definition) is 3. The van der Waals surface area contributed by atoms with Gasteiger partial charge in [0.1, 0.15) is 0 Å². The third-order valence-electron chi connectivity index (χ3n) is 0. The molecule has 0 aliphatic rings. The Morgan fingerprint density at radius 3 is 0.818 bits per heavy atom. The Labute approximate surface area is 76.9 Å². The Kier molecular flexibility index (Phi) is 260. The van der Waals surface area contributed by atoms with Crippen LogP contribution in [0.1, 0.15) is 0 Å². The molecule has 62 valence electrons. The van der Waals surface area contributed by atoms with Crippen LogP contribution in [0.25, 0.3) is 0 Å². The van der Waals surface area contributed by atoms with E-state index in [1.165, 1.54) is 0 Å². The van der Waals surface area contributed by atoms with Gasteiger partial charge in [0.15, 0.2) is 0 Å². The summed E-state index contributed by atoms with van der Waals surface area (Å²) < 4.78 is 0. The standard InChI is InChI=1S/3CHO2.CH3.Sn/c3*2-1-3;;/h3*(H,2,3);1H3;/q3*-1;;+3. The molecular formula is C4H6O6Sn. The average molecular weight is 269 g/mol. The van der Waals surface area contributed by atoms with Crippen molar-refractivity contribution in [3.05, 3.63) is 0 Å². The van der Waals surface area contributed by atoms with Crippen LogP contribution in [0.4, 0.5) is 0 Å². The fraction of sp³-hybridized carbons (Fsp3) is 0.250. The molecule has 11 heavy (non-hydrogen) atoms. The second-order valence-electron chi connectivity index (χ2n) is 0.274. The van der Waals surface area contributed by atoms with Crippen molar-refractivity contribution in [2.24, 2.45) is 0 Å². The molecule has 0 aromatic rings. The van der Waals surface area contributed by atoms with Crippen LogP contribution >= 0.6 is 0 Å². The van der Waals surface area contributed by atoms with Crippen LogP contribution in [-0.2, 0) is 14.4 Å². The summed E-state index contributed by atoms with van der Waals surface area (Å²) in [5.41, 5.74) is 0. The molecule has 0 saturated carbocycles. The van der Waals surface area contributed by atoms with Gasteiger partial charge in [-0.2, -0.15) is 0 Å². The zero-order valence-electron chi connectivity index (χ0n) is 5.57. The van der Waals surface area contributed by atoms with E-state index in [0.29, 0.717) is 19.4 Å². The van der Waals surface area contributed by atoms with Crippen molar-refractivity contribution in [2.75, 3.05) is 0 Å². The van der Waals surface area contributed by atoms with Gasteiger partial charge < -0.3 is 29.7 Å². The van der Waals surface area contributed by atoms with Gasteiger partial charge in [-0.1, -0.05) is 19.4 Å². The molecule has 0 saturated heterocycles. The van der Waals surface area contributed by atoms with Gasteiger partial charge in [-0.15, -0.1) is 0 Å². The van der Waals surface area contributed by atoms with Gasteiger partial charge >= 0.3 is 27.5 Å². The van der Waals surface area contributed by atoms with Crippen molar-refractivity contribution in [1.29, 1.82) is 0 Å². The maximum atomic E-state index is 8.24. The molecule has 0 spiro atoms. The van der Waals surface area contributed by atoms with E-state index in [1.54, 1.807) is 22.5 Å². The molecule has 3 N–H and O–H groups in total. The third-order valence-corrected chi connectivity index (χ3v) is 0. The summed E-state index contributed by atoms with van der Waals surface area (Å²) in [5, 5.41) is 20.3. The van der Waals surface area contributed by atoms with Crippen molar-refractivity contribution in [1.82, 2.24) is 0 Å². The molecule has 0 amide bonds. The van der Waals surface area contributed by atoms with Crippen molar-refractivity contribution in [2.45, 2.75) is 4.94 Å². The summed E-state index contributed by atoms with van der Waals surface area (Å²) in [6.45, 7) is 1.50. The molecule has 0 heterocycles. The molecule has 0 unspecified atom stereocenters.